The summed E-state index contributed by atoms with van der Waals surface area (Å²) in [5, 5.41) is 0. The highest BCUT2D eigenvalue weighted by Gasteiger charge is 2.27. The number of halogens is 2. The Morgan fingerprint density at radius 3 is 2.65 bits per heavy atom. The van der Waals surface area contributed by atoms with E-state index in [1.54, 1.807) is 12.1 Å². The van der Waals surface area contributed by atoms with E-state index in [0.29, 0.717) is 5.41 Å². The van der Waals surface area contributed by atoms with Crippen LogP contribution < -0.4 is 0 Å². The van der Waals surface area contributed by atoms with E-state index in [2.05, 4.69) is 41.6 Å². The van der Waals surface area contributed by atoms with Gasteiger partial charge in [-0.15, -0.1) is 0 Å². The lowest BCUT2D eigenvalue weighted by atomic mass is 9.77. The van der Waals surface area contributed by atoms with E-state index in [1.807, 2.05) is 6.07 Å². The van der Waals surface area contributed by atoms with Gasteiger partial charge in [0.25, 0.3) is 0 Å². The van der Waals surface area contributed by atoms with Crippen LogP contribution in [0, 0.1) is 17.2 Å². The van der Waals surface area contributed by atoms with Gasteiger partial charge in [0.2, 0.25) is 0 Å². The third-order valence-electron chi connectivity index (χ3n) is 4.45. The van der Waals surface area contributed by atoms with E-state index >= 15 is 0 Å². The van der Waals surface area contributed by atoms with Crippen LogP contribution in [0.4, 0.5) is 4.39 Å². The normalized spacial score (nSPS) is 21.8. The molecular formula is C17H25BrFN. The minimum atomic E-state index is -0.177. The van der Waals surface area contributed by atoms with Crippen LogP contribution in [0.3, 0.4) is 0 Å². The molecule has 0 amide bonds. The quantitative estimate of drug-likeness (QED) is 0.711. The predicted octanol–water partition coefficient (Wildman–Crippen LogP) is 5.24. The van der Waals surface area contributed by atoms with Crippen LogP contribution in [-0.2, 0) is 6.54 Å². The van der Waals surface area contributed by atoms with Crippen molar-refractivity contribution in [3.63, 3.8) is 0 Å². The van der Waals surface area contributed by atoms with E-state index in [4.69, 9.17) is 0 Å². The van der Waals surface area contributed by atoms with Gasteiger partial charge in [0.15, 0.2) is 0 Å². The average molecular weight is 342 g/mol. The second-order valence-electron chi connectivity index (χ2n) is 7.01. The first-order valence-electron chi connectivity index (χ1n) is 7.52. The molecule has 1 aliphatic rings. The molecule has 1 saturated heterocycles. The number of nitrogens with zero attached hydrogens (tertiary/aromatic N) is 1. The third kappa shape index (κ3) is 4.29. The number of rotatable bonds is 2. The zero-order valence-electron chi connectivity index (χ0n) is 12.8. The maximum atomic E-state index is 13.1. The molecule has 20 heavy (non-hydrogen) atoms. The van der Waals surface area contributed by atoms with Gasteiger partial charge in [0.05, 0.1) is 0 Å². The molecule has 0 aliphatic carbocycles. The van der Waals surface area contributed by atoms with Crippen LogP contribution in [0.15, 0.2) is 22.7 Å². The first kappa shape index (κ1) is 16.0. The van der Waals surface area contributed by atoms with E-state index in [9.17, 15) is 4.39 Å². The van der Waals surface area contributed by atoms with Crippen molar-refractivity contribution in [2.24, 2.45) is 11.3 Å². The van der Waals surface area contributed by atoms with Gasteiger partial charge in [-0.25, -0.2) is 4.39 Å². The van der Waals surface area contributed by atoms with Crippen molar-refractivity contribution in [3.8, 4) is 0 Å². The Kier molecular flexibility index (Phi) is 5.25. The monoisotopic (exact) mass is 341 g/mol. The summed E-state index contributed by atoms with van der Waals surface area (Å²) in [6.45, 7) is 10.3. The van der Waals surface area contributed by atoms with Crippen LogP contribution in [0.1, 0.15) is 45.6 Å². The molecule has 2 rings (SSSR count). The Hall–Kier alpha value is -0.410. The predicted molar refractivity (Wildman–Crippen MR) is 86.2 cm³/mol. The van der Waals surface area contributed by atoms with Gasteiger partial charge in [0, 0.05) is 11.0 Å². The Morgan fingerprint density at radius 1 is 1.25 bits per heavy atom. The molecule has 0 aromatic heterocycles. The zero-order valence-corrected chi connectivity index (χ0v) is 14.3. The molecule has 0 N–H and O–H groups in total. The molecule has 1 fully saturated rings. The molecule has 112 valence electrons. The highest BCUT2D eigenvalue weighted by molar-refractivity contribution is 9.10. The van der Waals surface area contributed by atoms with Gasteiger partial charge < -0.3 is 0 Å². The second-order valence-corrected chi connectivity index (χ2v) is 7.86. The van der Waals surface area contributed by atoms with E-state index in [0.717, 1.165) is 30.0 Å². The molecule has 1 atom stereocenters. The van der Waals surface area contributed by atoms with Crippen molar-refractivity contribution in [1.29, 1.82) is 0 Å². The van der Waals surface area contributed by atoms with E-state index in [1.165, 1.54) is 24.8 Å². The number of benzene rings is 1. The lowest BCUT2D eigenvalue weighted by molar-refractivity contribution is 0.206. The minimum absolute atomic E-state index is 0.177. The molecule has 0 spiro atoms. The average Bonchev–Trinajstić information content (AvgIpc) is 2.58. The summed E-state index contributed by atoms with van der Waals surface area (Å²) in [7, 11) is 0. The van der Waals surface area contributed by atoms with Gasteiger partial charge in [0.1, 0.15) is 5.82 Å². The Labute approximate surface area is 130 Å². The van der Waals surface area contributed by atoms with Crippen molar-refractivity contribution in [1.82, 2.24) is 4.90 Å². The van der Waals surface area contributed by atoms with Crippen LogP contribution >= 0.6 is 15.9 Å². The van der Waals surface area contributed by atoms with Gasteiger partial charge in [-0.05, 0) is 61.4 Å². The summed E-state index contributed by atoms with van der Waals surface area (Å²) >= 11 is 3.47. The lowest BCUT2D eigenvalue weighted by Gasteiger charge is -2.29. The molecule has 1 aliphatic heterocycles. The highest BCUT2D eigenvalue weighted by Crippen LogP contribution is 2.34. The van der Waals surface area contributed by atoms with Crippen LogP contribution in [-0.4, -0.2) is 18.0 Å². The first-order chi connectivity index (χ1) is 9.36. The molecular weight excluding hydrogens is 317 g/mol. The van der Waals surface area contributed by atoms with Crippen molar-refractivity contribution in [3.05, 3.63) is 34.1 Å². The van der Waals surface area contributed by atoms with Gasteiger partial charge in [-0.2, -0.15) is 0 Å². The molecule has 1 aromatic rings. The fourth-order valence-electron chi connectivity index (χ4n) is 3.07. The zero-order chi connectivity index (χ0) is 14.8. The van der Waals surface area contributed by atoms with Crippen LogP contribution in [0.5, 0.6) is 0 Å². The molecule has 1 unspecified atom stereocenters. The number of hydrogen-bond acceptors (Lipinski definition) is 1. The van der Waals surface area contributed by atoms with Crippen molar-refractivity contribution in [2.45, 2.75) is 46.6 Å². The summed E-state index contributed by atoms with van der Waals surface area (Å²) in [6.07, 6.45) is 3.85. The molecule has 3 heteroatoms. The van der Waals surface area contributed by atoms with E-state index < -0.39 is 0 Å². The van der Waals surface area contributed by atoms with Crippen LogP contribution in [0.25, 0.3) is 0 Å². The largest absolute Gasteiger partial charge is 0.299 e. The maximum absolute atomic E-state index is 13.1. The summed E-state index contributed by atoms with van der Waals surface area (Å²) in [5.41, 5.74) is 1.59. The molecule has 1 heterocycles. The topological polar surface area (TPSA) is 3.24 Å². The third-order valence-corrected chi connectivity index (χ3v) is 5.19. The Morgan fingerprint density at radius 2 is 2.00 bits per heavy atom. The number of likely N-dealkylation sites (tertiary alicyclic amines) is 1. The summed E-state index contributed by atoms with van der Waals surface area (Å²) < 4.78 is 14.0. The van der Waals surface area contributed by atoms with Crippen molar-refractivity contribution < 1.29 is 4.39 Å². The summed E-state index contributed by atoms with van der Waals surface area (Å²) in [4.78, 5) is 2.50. The standard InChI is InChI=1S/C17H25BrFN/c1-17(2,3)14-5-4-9-20(10-8-14)12-13-6-7-15(19)11-16(13)18/h6-7,11,14H,4-5,8-10,12H2,1-3H3. The lowest BCUT2D eigenvalue weighted by Crippen LogP contribution is -2.26. The smallest absolute Gasteiger partial charge is 0.124 e. The SMILES string of the molecule is CC(C)(C)C1CCCN(Cc2ccc(F)cc2Br)CC1. The highest BCUT2D eigenvalue weighted by atomic mass is 79.9. The van der Waals surface area contributed by atoms with Crippen molar-refractivity contribution in [2.75, 3.05) is 13.1 Å². The van der Waals surface area contributed by atoms with Gasteiger partial charge in [-0.3, -0.25) is 4.90 Å². The Balaban J connectivity index is 1.97. The van der Waals surface area contributed by atoms with Crippen molar-refractivity contribution >= 4 is 15.9 Å². The fraction of sp³-hybridized carbons (Fsp3) is 0.647. The molecule has 0 bridgehead atoms. The number of hydrogen-bond donors (Lipinski definition) is 0. The second kappa shape index (κ2) is 6.57. The maximum Gasteiger partial charge on any atom is 0.124 e. The molecule has 0 saturated carbocycles. The van der Waals surface area contributed by atoms with Gasteiger partial charge in [-0.1, -0.05) is 42.8 Å². The molecule has 1 nitrogen and oxygen atoms in total. The Bertz CT molecular complexity index is 453. The van der Waals surface area contributed by atoms with Crippen LogP contribution in [0.2, 0.25) is 0 Å². The minimum Gasteiger partial charge on any atom is -0.299 e. The molecule has 0 radical (unpaired) electrons. The van der Waals surface area contributed by atoms with Gasteiger partial charge >= 0.3 is 0 Å². The van der Waals surface area contributed by atoms with E-state index in [-0.39, 0.29) is 5.82 Å². The molecule has 1 aromatic carbocycles. The fourth-order valence-corrected chi connectivity index (χ4v) is 3.55. The summed E-state index contributed by atoms with van der Waals surface area (Å²) in [6, 6.07) is 5.01. The summed E-state index contributed by atoms with van der Waals surface area (Å²) in [5.74, 6) is 0.633. The first-order valence-corrected chi connectivity index (χ1v) is 8.32.